The molecule has 260 valence electrons. The number of aryl methyl sites for hydroxylation is 1. The molecular weight excluding hydrogens is 639 g/mol. The zero-order valence-electron chi connectivity index (χ0n) is 28.4. The fourth-order valence-electron chi connectivity index (χ4n) is 5.35. The number of ether oxygens (including phenoxy) is 1. The number of likely N-dealkylation sites (tertiary alicyclic amines) is 1. The van der Waals surface area contributed by atoms with E-state index in [9.17, 15) is 24.3 Å². The number of benzene rings is 1. The van der Waals surface area contributed by atoms with E-state index in [0.29, 0.717) is 13.0 Å². The predicted octanol–water partition coefficient (Wildman–Crippen LogP) is 4.76. The van der Waals surface area contributed by atoms with Crippen LogP contribution in [0.3, 0.4) is 0 Å². The molecule has 0 bridgehead atoms. The number of thiol groups is 1. The van der Waals surface area contributed by atoms with Crippen molar-refractivity contribution in [1.82, 2.24) is 25.8 Å². The molecule has 0 spiro atoms. The summed E-state index contributed by atoms with van der Waals surface area (Å²) in [6.45, 7) is 11.7. The molecule has 4 amide bonds. The van der Waals surface area contributed by atoms with Gasteiger partial charge in [-0.15, -0.1) is 11.3 Å². The first-order chi connectivity index (χ1) is 22.0. The summed E-state index contributed by atoms with van der Waals surface area (Å²) in [5, 5.41) is 18.9. The van der Waals surface area contributed by atoms with Crippen LogP contribution in [0.1, 0.15) is 90.8 Å². The highest BCUT2D eigenvalue weighted by atomic mass is 32.1. The van der Waals surface area contributed by atoms with Gasteiger partial charge in [-0.25, -0.2) is 9.78 Å². The first kappa shape index (κ1) is 38.3. The molecule has 4 N–H and O–H groups in total. The van der Waals surface area contributed by atoms with Crippen molar-refractivity contribution in [2.24, 2.45) is 0 Å². The number of amides is 4. The van der Waals surface area contributed by atoms with Crippen LogP contribution in [0.25, 0.3) is 10.4 Å². The minimum atomic E-state index is -0.986. The van der Waals surface area contributed by atoms with Gasteiger partial charge in [0.15, 0.2) is 0 Å². The molecule has 1 aromatic heterocycles. The number of aliphatic hydroxyl groups is 1. The fraction of sp³-hybridized carbons (Fsp3) is 0.618. The van der Waals surface area contributed by atoms with E-state index in [1.165, 1.54) is 4.90 Å². The normalized spacial score (nSPS) is 17.2. The Kier molecular flexibility index (Phi) is 14.1. The molecule has 11 nitrogen and oxygen atoms in total. The largest absolute Gasteiger partial charge is 0.444 e. The summed E-state index contributed by atoms with van der Waals surface area (Å²) in [4.78, 5) is 58.4. The van der Waals surface area contributed by atoms with E-state index in [2.05, 4.69) is 33.6 Å². The van der Waals surface area contributed by atoms with Gasteiger partial charge in [-0.2, -0.15) is 12.6 Å². The van der Waals surface area contributed by atoms with Crippen LogP contribution < -0.4 is 16.0 Å². The van der Waals surface area contributed by atoms with Crippen molar-refractivity contribution >= 4 is 47.8 Å². The number of nitrogens with zero attached hydrogens (tertiary/aromatic N) is 2. The number of aliphatic hydroxyl groups excluding tert-OH is 1. The number of thiazole rings is 1. The molecule has 1 fully saturated rings. The lowest BCUT2D eigenvalue weighted by molar-refractivity contribution is -0.142. The lowest BCUT2D eigenvalue weighted by atomic mass is 10.00. The SMILES string of the molecule is Cc1ncsc1-c1ccc(CNC(=O)[C@@H]2C[C@@H](O)CN2C(=O)[C@@H](NC(=O)CCCCCCCNC(=O)OC(C)(C)C)C(C)(C)S)cc1. The van der Waals surface area contributed by atoms with Gasteiger partial charge in [0, 0.05) is 37.2 Å². The van der Waals surface area contributed by atoms with Crippen LogP contribution in [0, 0.1) is 6.92 Å². The Morgan fingerprint density at radius 2 is 1.70 bits per heavy atom. The van der Waals surface area contributed by atoms with Gasteiger partial charge in [-0.3, -0.25) is 14.4 Å². The summed E-state index contributed by atoms with van der Waals surface area (Å²) >= 11 is 6.19. The van der Waals surface area contributed by atoms with Gasteiger partial charge in [0.2, 0.25) is 17.7 Å². The number of alkyl carbamates (subject to hydrolysis) is 1. The molecule has 13 heteroatoms. The second-order valence-corrected chi connectivity index (χ2v) is 15.7. The first-order valence-electron chi connectivity index (χ1n) is 16.3. The summed E-state index contributed by atoms with van der Waals surface area (Å²) in [6, 6.07) is 6.02. The number of hydrogen-bond acceptors (Lipinski definition) is 9. The Hall–Kier alpha value is -3.16. The summed E-state index contributed by atoms with van der Waals surface area (Å²) in [7, 11) is 0. The predicted molar refractivity (Wildman–Crippen MR) is 187 cm³/mol. The third kappa shape index (κ3) is 12.4. The van der Waals surface area contributed by atoms with Crippen LogP contribution in [-0.2, 0) is 25.7 Å². The summed E-state index contributed by atoms with van der Waals surface area (Å²) < 4.78 is 4.30. The van der Waals surface area contributed by atoms with Crippen LogP contribution >= 0.6 is 24.0 Å². The van der Waals surface area contributed by atoms with Crippen molar-refractivity contribution in [3.63, 3.8) is 0 Å². The monoisotopic (exact) mass is 689 g/mol. The number of β-amino-alcohol motifs (C(OH)–C–C–N with tert-alkyl or cyclic N) is 1. The smallest absolute Gasteiger partial charge is 0.407 e. The number of carbonyl (C=O) groups excluding carboxylic acids is 4. The van der Waals surface area contributed by atoms with Crippen LogP contribution in [0.4, 0.5) is 4.79 Å². The zero-order chi connectivity index (χ0) is 34.8. The Balaban J connectivity index is 1.46. The van der Waals surface area contributed by atoms with Gasteiger partial charge < -0.3 is 30.7 Å². The molecule has 3 atom stereocenters. The average Bonchev–Trinajstić information content (AvgIpc) is 3.59. The van der Waals surface area contributed by atoms with Crippen molar-refractivity contribution in [3.8, 4) is 10.4 Å². The van der Waals surface area contributed by atoms with E-state index in [1.54, 1.807) is 25.2 Å². The third-order valence-corrected chi connectivity index (χ3v) is 9.04. The van der Waals surface area contributed by atoms with E-state index in [4.69, 9.17) is 4.74 Å². The van der Waals surface area contributed by atoms with Crippen LogP contribution in [0.15, 0.2) is 29.8 Å². The van der Waals surface area contributed by atoms with Crippen molar-refractivity contribution in [3.05, 3.63) is 41.0 Å². The van der Waals surface area contributed by atoms with E-state index in [1.807, 2.05) is 57.5 Å². The maximum Gasteiger partial charge on any atom is 0.407 e. The molecule has 47 heavy (non-hydrogen) atoms. The molecule has 0 saturated carbocycles. The molecule has 1 aliphatic heterocycles. The maximum absolute atomic E-state index is 13.8. The van der Waals surface area contributed by atoms with E-state index < -0.39 is 40.5 Å². The van der Waals surface area contributed by atoms with Crippen molar-refractivity contribution < 1.29 is 29.0 Å². The van der Waals surface area contributed by atoms with Gasteiger partial charge >= 0.3 is 6.09 Å². The zero-order valence-corrected chi connectivity index (χ0v) is 30.1. The van der Waals surface area contributed by atoms with Crippen molar-refractivity contribution in [1.29, 1.82) is 0 Å². The third-order valence-electron chi connectivity index (χ3n) is 7.80. The summed E-state index contributed by atoms with van der Waals surface area (Å²) in [6.07, 6.45) is 3.18. The van der Waals surface area contributed by atoms with Gasteiger partial charge in [-0.1, -0.05) is 43.5 Å². The lowest BCUT2D eigenvalue weighted by Gasteiger charge is -2.34. The van der Waals surface area contributed by atoms with Gasteiger partial charge in [-0.05, 0) is 65.5 Å². The first-order valence-corrected chi connectivity index (χ1v) is 17.6. The fourth-order valence-corrected chi connectivity index (χ4v) is 6.34. The Morgan fingerprint density at radius 3 is 2.32 bits per heavy atom. The Bertz CT molecular complexity index is 1350. The topological polar surface area (TPSA) is 150 Å². The Morgan fingerprint density at radius 1 is 1.04 bits per heavy atom. The molecule has 0 radical (unpaired) electrons. The average molecular weight is 690 g/mol. The number of nitrogens with one attached hydrogen (secondary N) is 3. The van der Waals surface area contributed by atoms with Gasteiger partial charge in [0.25, 0.3) is 0 Å². The second kappa shape index (κ2) is 17.3. The van der Waals surface area contributed by atoms with Gasteiger partial charge in [0.1, 0.15) is 17.7 Å². The van der Waals surface area contributed by atoms with Crippen molar-refractivity contribution in [2.75, 3.05) is 13.1 Å². The highest BCUT2D eigenvalue weighted by molar-refractivity contribution is 7.81. The molecule has 0 unspecified atom stereocenters. The lowest BCUT2D eigenvalue weighted by Crippen LogP contribution is -2.59. The number of hydrogen-bond donors (Lipinski definition) is 5. The quantitative estimate of drug-likeness (QED) is 0.134. The van der Waals surface area contributed by atoms with E-state index >= 15 is 0 Å². The van der Waals surface area contributed by atoms with Crippen LogP contribution in [-0.4, -0.2) is 80.4 Å². The molecule has 0 aliphatic carbocycles. The molecule has 2 heterocycles. The number of unbranched alkanes of at least 4 members (excludes halogenated alkanes) is 4. The molecule has 1 aliphatic rings. The van der Waals surface area contributed by atoms with Crippen LogP contribution in [0.2, 0.25) is 0 Å². The minimum absolute atomic E-state index is 0.00116. The van der Waals surface area contributed by atoms with E-state index in [-0.39, 0.29) is 37.7 Å². The van der Waals surface area contributed by atoms with Gasteiger partial charge in [0.05, 0.1) is 22.2 Å². The maximum atomic E-state index is 13.8. The molecule has 1 saturated heterocycles. The molecular formula is C34H51N5O6S2. The molecule has 1 aromatic carbocycles. The molecule has 3 rings (SSSR count). The number of aromatic nitrogens is 1. The number of rotatable bonds is 15. The highest BCUT2D eigenvalue weighted by Crippen LogP contribution is 2.28. The highest BCUT2D eigenvalue weighted by Gasteiger charge is 2.44. The molecule has 2 aromatic rings. The van der Waals surface area contributed by atoms with Crippen LogP contribution in [0.5, 0.6) is 0 Å². The van der Waals surface area contributed by atoms with Crippen molar-refractivity contribution in [2.45, 2.75) is 122 Å². The van der Waals surface area contributed by atoms with E-state index in [0.717, 1.165) is 47.4 Å². The standard InChI is InChI=1S/C34H51N5O6S2/c1-22-28(47-21-37-22)24-15-13-23(14-16-24)19-36-30(42)26-18-25(40)20-39(26)31(43)29(34(5,6)46)38-27(41)12-10-8-7-9-11-17-35-32(44)45-33(2,3)4/h13-16,21,25-26,29,40,46H,7-12,17-20H2,1-6H3,(H,35,44)(H,36,42)(H,38,41)/t25-,26+,29-/m1/s1. The second-order valence-electron chi connectivity index (χ2n) is 13.7. The Labute approximate surface area is 288 Å². The summed E-state index contributed by atoms with van der Waals surface area (Å²) in [5.74, 6) is -1.08. The number of carbonyl (C=O) groups is 4. The summed E-state index contributed by atoms with van der Waals surface area (Å²) in [5.41, 5.74) is 4.21. The minimum Gasteiger partial charge on any atom is -0.444 e.